The first-order valence-electron chi connectivity index (χ1n) is 8.31. The minimum absolute atomic E-state index is 0.00801. The Labute approximate surface area is 189 Å². The number of aromatic carboxylic acids is 1. The zero-order valence-corrected chi connectivity index (χ0v) is 19.5. The van der Waals surface area contributed by atoms with Crippen molar-refractivity contribution in [2.45, 2.75) is 6.92 Å². The maximum Gasteiger partial charge on any atom is 0.336 e. The minimum Gasteiger partial charge on any atom is -0.506 e. The summed E-state index contributed by atoms with van der Waals surface area (Å²) in [7, 11) is 0. The van der Waals surface area contributed by atoms with Crippen LogP contribution < -0.4 is 5.43 Å². The summed E-state index contributed by atoms with van der Waals surface area (Å²) in [6, 6.07) is 9.93. The maximum atomic E-state index is 12.4. The minimum atomic E-state index is -1.07. The van der Waals surface area contributed by atoms with Gasteiger partial charge in [0.05, 0.1) is 14.5 Å². The third kappa shape index (κ3) is 3.10. The second-order valence-corrected chi connectivity index (χ2v) is 8.92. The number of phenolic OH excluding ortho intramolecular Hbond substituents is 1. The van der Waals surface area contributed by atoms with Crippen LogP contribution in [0.15, 0.2) is 59.0 Å². The zero-order chi connectivity index (χ0) is 21.0. The van der Waals surface area contributed by atoms with Gasteiger partial charge in [0.2, 0.25) is 5.43 Å². The molecule has 2 N–H and O–H groups in total. The summed E-state index contributed by atoms with van der Waals surface area (Å²) < 4.78 is 7.02. The Kier molecular flexibility index (Phi) is 5.04. The topological polar surface area (TPSA) is 87.7 Å². The molecular formula is C21H11Br3O5. The van der Waals surface area contributed by atoms with Crippen molar-refractivity contribution >= 4 is 64.7 Å². The van der Waals surface area contributed by atoms with Crippen LogP contribution in [0.4, 0.5) is 0 Å². The average Bonchev–Trinajstić information content (AvgIpc) is 2.69. The van der Waals surface area contributed by atoms with E-state index in [2.05, 4.69) is 47.8 Å². The van der Waals surface area contributed by atoms with E-state index in [0.717, 1.165) is 0 Å². The Morgan fingerprint density at radius 3 is 2.41 bits per heavy atom. The lowest BCUT2D eigenvalue weighted by atomic mass is 9.90. The molecule has 0 bridgehead atoms. The molecule has 0 amide bonds. The lowest BCUT2D eigenvalue weighted by molar-refractivity contribution is 0.0697. The smallest absolute Gasteiger partial charge is 0.336 e. The summed E-state index contributed by atoms with van der Waals surface area (Å²) in [6.07, 6.45) is 0. The first-order chi connectivity index (χ1) is 13.7. The number of phenols is 1. The molecule has 0 radical (unpaired) electrons. The molecular weight excluding hydrogens is 572 g/mol. The molecule has 0 unspecified atom stereocenters. The van der Waals surface area contributed by atoms with Gasteiger partial charge in [-0.3, -0.25) is 4.79 Å². The van der Waals surface area contributed by atoms with Crippen molar-refractivity contribution in [3.63, 3.8) is 0 Å². The highest BCUT2D eigenvalue weighted by Gasteiger charge is 2.26. The number of hydrogen-bond acceptors (Lipinski definition) is 4. The molecule has 0 atom stereocenters. The fourth-order valence-corrected chi connectivity index (χ4v) is 5.09. The van der Waals surface area contributed by atoms with E-state index in [4.69, 9.17) is 4.42 Å². The summed E-state index contributed by atoms with van der Waals surface area (Å²) in [5.74, 6) is -0.796. The normalized spacial score (nSPS) is 11.3. The number of aryl methyl sites for hydroxylation is 1. The van der Waals surface area contributed by atoms with E-state index >= 15 is 0 Å². The molecule has 8 heteroatoms. The second-order valence-electron chi connectivity index (χ2n) is 6.41. The van der Waals surface area contributed by atoms with E-state index in [-0.39, 0.29) is 27.0 Å². The predicted octanol–water partition coefficient (Wildman–Crippen LogP) is 6.56. The fourth-order valence-electron chi connectivity index (χ4n) is 3.36. The largest absolute Gasteiger partial charge is 0.506 e. The Balaban J connectivity index is 2.34. The van der Waals surface area contributed by atoms with Crippen molar-refractivity contribution in [2.75, 3.05) is 0 Å². The molecule has 0 aromatic heterocycles. The van der Waals surface area contributed by atoms with Crippen molar-refractivity contribution in [1.29, 1.82) is 0 Å². The summed E-state index contributed by atoms with van der Waals surface area (Å²) >= 11 is 9.93. The van der Waals surface area contributed by atoms with Crippen LogP contribution in [0.3, 0.4) is 0 Å². The fraction of sp³-hybridized carbons (Fsp3) is 0.0476. The van der Waals surface area contributed by atoms with Crippen molar-refractivity contribution in [2.24, 2.45) is 0 Å². The molecule has 1 heterocycles. The van der Waals surface area contributed by atoms with Gasteiger partial charge in [-0.1, -0.05) is 18.2 Å². The number of carboxylic acids is 1. The number of benzene rings is 3. The van der Waals surface area contributed by atoms with Gasteiger partial charge in [0.15, 0.2) is 5.76 Å². The lowest BCUT2D eigenvalue weighted by Gasteiger charge is -2.19. The molecule has 1 aliphatic carbocycles. The highest BCUT2D eigenvalue weighted by molar-refractivity contribution is 9.11. The highest BCUT2D eigenvalue weighted by Crippen LogP contribution is 2.47. The number of aromatic hydroxyl groups is 1. The van der Waals surface area contributed by atoms with Crippen LogP contribution in [0.25, 0.3) is 33.4 Å². The molecule has 0 saturated carbocycles. The third-order valence-corrected chi connectivity index (χ3v) is 6.65. The number of halogens is 3. The molecule has 0 saturated heterocycles. The van der Waals surface area contributed by atoms with Gasteiger partial charge in [-0.05, 0) is 78.5 Å². The number of carbonyl (C=O) groups is 1. The molecule has 4 rings (SSSR count). The second kappa shape index (κ2) is 7.27. The Bertz CT molecular complexity index is 1360. The van der Waals surface area contributed by atoms with Gasteiger partial charge in [-0.2, -0.15) is 0 Å². The molecule has 1 aliphatic heterocycles. The molecule has 0 spiro atoms. The van der Waals surface area contributed by atoms with Crippen LogP contribution in [0, 0.1) is 6.92 Å². The van der Waals surface area contributed by atoms with Gasteiger partial charge < -0.3 is 14.6 Å². The van der Waals surface area contributed by atoms with Gasteiger partial charge in [0, 0.05) is 22.1 Å². The van der Waals surface area contributed by atoms with E-state index in [1.807, 2.05) is 0 Å². The number of fused-ring (bicyclic) bond motifs is 2. The summed E-state index contributed by atoms with van der Waals surface area (Å²) in [5, 5.41) is 20.7. The first kappa shape index (κ1) is 20.1. The summed E-state index contributed by atoms with van der Waals surface area (Å²) in [5.41, 5.74) is 2.26. The SMILES string of the molecule is Cc1c(O)c(Br)cc2c(-c3ccccc3C(=O)O)c3cc(Br)c(=O)c(Br)c-3oc12. The Morgan fingerprint density at radius 1 is 1.03 bits per heavy atom. The average molecular weight is 583 g/mol. The van der Waals surface area contributed by atoms with E-state index in [1.54, 1.807) is 37.3 Å². The Hall–Kier alpha value is -2.16. The van der Waals surface area contributed by atoms with Crippen molar-refractivity contribution in [3.8, 4) is 28.2 Å². The van der Waals surface area contributed by atoms with E-state index in [1.165, 1.54) is 6.07 Å². The van der Waals surface area contributed by atoms with Crippen LogP contribution in [0.1, 0.15) is 15.9 Å². The van der Waals surface area contributed by atoms with Gasteiger partial charge in [-0.15, -0.1) is 0 Å². The Morgan fingerprint density at radius 2 is 1.72 bits per heavy atom. The number of carboxylic acid groups (broad SMARTS) is 1. The standard InChI is InChI=1S/C21H11Br3O5/c1-8-17(25)13(22)6-11-15(9-4-2-3-5-10(9)21(27)28)12-7-14(23)18(26)16(24)20(12)29-19(8)11/h2-7,25H,1H3,(H,27,28). The molecule has 2 aromatic rings. The third-order valence-electron chi connectivity index (χ3n) is 4.74. The maximum absolute atomic E-state index is 12.4. The van der Waals surface area contributed by atoms with Crippen molar-refractivity contribution in [1.82, 2.24) is 0 Å². The van der Waals surface area contributed by atoms with Crippen LogP contribution >= 0.6 is 47.8 Å². The van der Waals surface area contributed by atoms with E-state index in [9.17, 15) is 19.8 Å². The molecule has 5 nitrogen and oxygen atoms in total. The first-order valence-corrected chi connectivity index (χ1v) is 10.7. The molecule has 0 fully saturated rings. The van der Waals surface area contributed by atoms with Gasteiger partial charge in [-0.25, -0.2) is 4.79 Å². The monoisotopic (exact) mass is 580 g/mol. The van der Waals surface area contributed by atoms with Gasteiger partial charge in [0.25, 0.3) is 0 Å². The van der Waals surface area contributed by atoms with Crippen LogP contribution in [0.5, 0.6) is 5.75 Å². The highest BCUT2D eigenvalue weighted by atomic mass is 79.9. The number of hydrogen-bond donors (Lipinski definition) is 2. The number of rotatable bonds is 2. The van der Waals surface area contributed by atoms with E-state index in [0.29, 0.717) is 42.2 Å². The summed E-state index contributed by atoms with van der Waals surface area (Å²) in [4.78, 5) is 24.3. The van der Waals surface area contributed by atoms with Crippen LogP contribution in [-0.2, 0) is 0 Å². The quantitative estimate of drug-likeness (QED) is 0.261. The van der Waals surface area contributed by atoms with Gasteiger partial charge in [0.1, 0.15) is 15.8 Å². The zero-order valence-electron chi connectivity index (χ0n) is 14.7. The predicted molar refractivity (Wildman–Crippen MR) is 121 cm³/mol. The summed E-state index contributed by atoms with van der Waals surface area (Å²) in [6.45, 7) is 1.69. The molecule has 2 aromatic carbocycles. The van der Waals surface area contributed by atoms with Crippen LogP contribution in [0.2, 0.25) is 0 Å². The molecule has 2 aliphatic rings. The van der Waals surface area contributed by atoms with E-state index < -0.39 is 5.97 Å². The lowest BCUT2D eigenvalue weighted by Crippen LogP contribution is -2.08. The molecule has 146 valence electrons. The van der Waals surface area contributed by atoms with Gasteiger partial charge >= 0.3 is 5.97 Å². The van der Waals surface area contributed by atoms with Crippen molar-refractivity contribution in [3.05, 3.63) is 71.2 Å². The van der Waals surface area contributed by atoms with Crippen LogP contribution in [-0.4, -0.2) is 16.2 Å². The van der Waals surface area contributed by atoms with Crippen molar-refractivity contribution < 1.29 is 19.4 Å². The molecule has 29 heavy (non-hydrogen) atoms.